The van der Waals surface area contributed by atoms with E-state index in [1.54, 1.807) is 16.7 Å². The van der Waals surface area contributed by atoms with Crippen molar-refractivity contribution < 1.29 is 4.39 Å². The molecule has 1 aromatic heterocycles. The summed E-state index contributed by atoms with van der Waals surface area (Å²) in [5, 5.41) is 4.61. The molecule has 2 atom stereocenters. The number of benzene rings is 1. The van der Waals surface area contributed by atoms with Crippen molar-refractivity contribution >= 4 is 0 Å². The number of hydrogen-bond donors (Lipinski definition) is 0. The van der Waals surface area contributed by atoms with Crippen molar-refractivity contribution in [3.05, 3.63) is 62.2 Å². The maximum Gasteiger partial charge on any atom is 0.332 e. The second-order valence-corrected chi connectivity index (χ2v) is 8.25. The number of likely N-dealkylation sites (tertiary alicyclic amines) is 1. The maximum atomic E-state index is 13.4. The Bertz CT molecular complexity index is 994. The summed E-state index contributed by atoms with van der Waals surface area (Å²) in [4.78, 5) is 27.2. The van der Waals surface area contributed by atoms with Gasteiger partial charge in [0.05, 0.1) is 0 Å². The molecule has 1 saturated heterocycles. The van der Waals surface area contributed by atoms with Crippen molar-refractivity contribution in [1.82, 2.24) is 19.2 Å². The molecule has 0 radical (unpaired) electrons. The molecule has 3 aliphatic rings. The van der Waals surface area contributed by atoms with Crippen LogP contribution in [-0.4, -0.2) is 32.3 Å². The molecule has 6 nitrogen and oxygen atoms in total. The van der Waals surface area contributed by atoms with Crippen LogP contribution in [0.5, 0.6) is 0 Å². The molecule has 2 aromatic rings. The fraction of sp³-hybridized carbons (Fsp3) is 0.550. The van der Waals surface area contributed by atoms with Gasteiger partial charge in [-0.3, -0.25) is 19.1 Å². The van der Waals surface area contributed by atoms with E-state index in [1.165, 1.54) is 17.2 Å². The molecule has 0 amide bonds. The van der Waals surface area contributed by atoms with Gasteiger partial charge in [-0.2, -0.15) is 5.10 Å². The number of nitrogens with zero attached hydrogens (tertiary/aromatic N) is 4. The zero-order chi connectivity index (χ0) is 18.5. The third kappa shape index (κ3) is 2.94. The smallest absolute Gasteiger partial charge is 0.298 e. The second-order valence-electron chi connectivity index (χ2n) is 8.25. The molecular formula is C20H23FN4O2. The fourth-order valence-electron chi connectivity index (χ4n) is 4.74. The van der Waals surface area contributed by atoms with Gasteiger partial charge < -0.3 is 0 Å². The lowest BCUT2D eigenvalue weighted by atomic mass is 9.85. The van der Waals surface area contributed by atoms with E-state index in [9.17, 15) is 14.0 Å². The van der Waals surface area contributed by atoms with Crippen molar-refractivity contribution in [3.8, 4) is 0 Å². The third-order valence-corrected chi connectivity index (χ3v) is 6.38. The largest absolute Gasteiger partial charge is 0.332 e. The molecule has 27 heavy (non-hydrogen) atoms. The molecule has 1 aromatic carbocycles. The molecule has 7 heteroatoms. The Balaban J connectivity index is 1.38. The number of hydrogen-bond acceptors (Lipinski definition) is 4. The van der Waals surface area contributed by atoms with Crippen LogP contribution in [-0.2, 0) is 19.6 Å². The number of rotatable bonds is 4. The first-order valence-corrected chi connectivity index (χ1v) is 9.77. The zero-order valence-corrected chi connectivity index (χ0v) is 15.2. The van der Waals surface area contributed by atoms with E-state index in [0.717, 1.165) is 37.3 Å². The van der Waals surface area contributed by atoms with E-state index in [1.807, 2.05) is 6.07 Å². The Kier molecular flexibility index (Phi) is 4.00. The Morgan fingerprint density at radius 1 is 1.11 bits per heavy atom. The van der Waals surface area contributed by atoms with Crippen molar-refractivity contribution in [2.75, 3.05) is 13.1 Å². The summed E-state index contributed by atoms with van der Waals surface area (Å²) in [6.07, 6.45) is 3.42. The van der Waals surface area contributed by atoms with Crippen molar-refractivity contribution in [2.45, 2.75) is 44.8 Å². The first-order valence-electron chi connectivity index (χ1n) is 9.77. The fourth-order valence-corrected chi connectivity index (χ4v) is 4.74. The third-order valence-electron chi connectivity index (χ3n) is 6.38. The van der Waals surface area contributed by atoms with Gasteiger partial charge in [0.15, 0.2) is 0 Å². The predicted octanol–water partition coefficient (Wildman–Crippen LogP) is 1.57. The Labute approximate surface area is 156 Å². The van der Waals surface area contributed by atoms with Crippen LogP contribution < -0.4 is 11.1 Å². The standard InChI is InChI=1S/C20H23FN4O2/c21-16-6-2-5-14(7-16)8-23-10-15-11-24-18(17(15)12-23)22-25(20(27)19(24)26)9-13-3-1-4-13/h2,5-7,13,15,17H,1,3-4,8-12H2. The molecule has 0 N–H and O–H groups in total. The van der Waals surface area contributed by atoms with Crippen LogP contribution in [0.4, 0.5) is 4.39 Å². The average molecular weight is 370 g/mol. The monoisotopic (exact) mass is 370 g/mol. The Hall–Kier alpha value is -2.28. The molecule has 2 aliphatic heterocycles. The lowest BCUT2D eigenvalue weighted by molar-refractivity contribution is 0.256. The van der Waals surface area contributed by atoms with Gasteiger partial charge in [0, 0.05) is 44.6 Å². The molecule has 1 aliphatic carbocycles. The molecule has 5 rings (SSSR count). The lowest BCUT2D eigenvalue weighted by Gasteiger charge is -2.25. The highest BCUT2D eigenvalue weighted by Gasteiger charge is 2.42. The Morgan fingerprint density at radius 2 is 1.96 bits per heavy atom. The summed E-state index contributed by atoms with van der Waals surface area (Å²) in [5.74, 6) is 1.47. The van der Waals surface area contributed by atoms with E-state index in [2.05, 4.69) is 10.00 Å². The minimum atomic E-state index is -0.484. The molecule has 0 bridgehead atoms. The van der Waals surface area contributed by atoms with Crippen LogP contribution in [0.1, 0.15) is 36.6 Å². The summed E-state index contributed by atoms with van der Waals surface area (Å²) in [7, 11) is 0. The van der Waals surface area contributed by atoms with E-state index in [-0.39, 0.29) is 17.7 Å². The van der Waals surface area contributed by atoms with Gasteiger partial charge in [-0.05, 0) is 36.5 Å². The molecule has 1 saturated carbocycles. The summed E-state index contributed by atoms with van der Waals surface area (Å²) in [6, 6.07) is 6.69. The molecule has 142 valence electrons. The second kappa shape index (κ2) is 6.41. The zero-order valence-electron chi connectivity index (χ0n) is 15.2. The number of halogens is 1. The van der Waals surface area contributed by atoms with E-state index in [4.69, 9.17) is 0 Å². The van der Waals surface area contributed by atoms with Gasteiger partial charge in [0.2, 0.25) is 0 Å². The summed E-state index contributed by atoms with van der Waals surface area (Å²) < 4.78 is 16.4. The van der Waals surface area contributed by atoms with Gasteiger partial charge in [0.1, 0.15) is 11.6 Å². The summed E-state index contributed by atoms with van der Waals surface area (Å²) in [6.45, 7) is 3.43. The predicted molar refractivity (Wildman–Crippen MR) is 98.0 cm³/mol. The van der Waals surface area contributed by atoms with E-state index >= 15 is 0 Å². The minimum Gasteiger partial charge on any atom is -0.298 e. The molecule has 2 fully saturated rings. The van der Waals surface area contributed by atoms with Crippen LogP contribution >= 0.6 is 0 Å². The van der Waals surface area contributed by atoms with Gasteiger partial charge in [-0.25, -0.2) is 9.07 Å². The molecule has 2 unspecified atom stereocenters. The van der Waals surface area contributed by atoms with Crippen molar-refractivity contribution in [1.29, 1.82) is 0 Å². The highest BCUT2D eigenvalue weighted by atomic mass is 19.1. The Morgan fingerprint density at radius 3 is 2.70 bits per heavy atom. The normalized spacial score (nSPS) is 24.6. The first-order chi connectivity index (χ1) is 13.1. The van der Waals surface area contributed by atoms with Gasteiger partial charge in [0.25, 0.3) is 0 Å². The SMILES string of the molecule is O=c1c(=O)n2c(nn1CC1CCC1)C1CN(Cc3cccc(F)c3)CC1C2. The van der Waals surface area contributed by atoms with Crippen molar-refractivity contribution in [2.24, 2.45) is 11.8 Å². The number of fused-ring (bicyclic) bond motifs is 3. The lowest BCUT2D eigenvalue weighted by Crippen LogP contribution is -2.45. The van der Waals surface area contributed by atoms with Crippen molar-refractivity contribution in [3.63, 3.8) is 0 Å². The molecular weight excluding hydrogens is 347 g/mol. The quantitative estimate of drug-likeness (QED) is 0.767. The van der Waals surface area contributed by atoms with Crippen LogP contribution in [0.2, 0.25) is 0 Å². The van der Waals surface area contributed by atoms with Crippen LogP contribution in [0.3, 0.4) is 0 Å². The topological polar surface area (TPSA) is 60.1 Å². The maximum absolute atomic E-state index is 13.4. The van der Waals surface area contributed by atoms with Gasteiger partial charge >= 0.3 is 11.1 Å². The van der Waals surface area contributed by atoms with E-state index in [0.29, 0.717) is 25.6 Å². The van der Waals surface area contributed by atoms with Crippen LogP contribution in [0, 0.1) is 17.7 Å². The highest BCUT2D eigenvalue weighted by Crippen LogP contribution is 2.37. The summed E-state index contributed by atoms with van der Waals surface area (Å²) in [5.41, 5.74) is 0.0444. The molecule has 3 heterocycles. The highest BCUT2D eigenvalue weighted by molar-refractivity contribution is 5.18. The molecule has 0 spiro atoms. The van der Waals surface area contributed by atoms with Gasteiger partial charge in [-0.15, -0.1) is 0 Å². The van der Waals surface area contributed by atoms with Crippen LogP contribution in [0.25, 0.3) is 0 Å². The van der Waals surface area contributed by atoms with Crippen LogP contribution in [0.15, 0.2) is 33.9 Å². The number of aromatic nitrogens is 3. The first kappa shape index (κ1) is 16.9. The van der Waals surface area contributed by atoms with E-state index < -0.39 is 11.1 Å². The average Bonchev–Trinajstić information content (AvgIpc) is 3.13. The summed E-state index contributed by atoms with van der Waals surface area (Å²) >= 11 is 0. The minimum absolute atomic E-state index is 0.166. The van der Waals surface area contributed by atoms with Gasteiger partial charge in [-0.1, -0.05) is 18.6 Å².